The van der Waals surface area contributed by atoms with Gasteiger partial charge in [-0.3, -0.25) is 9.78 Å². The lowest BCUT2D eigenvalue weighted by Gasteiger charge is -2.06. The van der Waals surface area contributed by atoms with Crippen molar-refractivity contribution in [1.82, 2.24) is 4.98 Å². The Kier molecular flexibility index (Phi) is 3.71. The Bertz CT molecular complexity index is 326. The van der Waals surface area contributed by atoms with Crippen molar-refractivity contribution in [3.05, 3.63) is 29.8 Å². The van der Waals surface area contributed by atoms with Gasteiger partial charge in [0.1, 0.15) is 6.61 Å². The SMILES string of the molecule is CC(C)OCC(=O)c1ccncc1F. The summed E-state index contributed by atoms with van der Waals surface area (Å²) in [5.41, 5.74) is 0.0284. The standard InChI is InChI=1S/C10H12FNO2/c1-7(2)14-6-10(13)8-3-4-12-5-9(8)11/h3-5,7H,6H2,1-2H3. The van der Waals surface area contributed by atoms with Gasteiger partial charge in [0, 0.05) is 6.20 Å². The number of aromatic nitrogens is 1. The first-order chi connectivity index (χ1) is 6.61. The molecule has 0 aliphatic heterocycles. The molecule has 0 N–H and O–H groups in total. The molecule has 14 heavy (non-hydrogen) atoms. The molecule has 4 heteroatoms. The highest BCUT2D eigenvalue weighted by Gasteiger charge is 2.11. The summed E-state index contributed by atoms with van der Waals surface area (Å²) >= 11 is 0. The predicted molar refractivity (Wildman–Crippen MR) is 49.6 cm³/mol. The van der Waals surface area contributed by atoms with Gasteiger partial charge >= 0.3 is 0 Å². The molecule has 0 fully saturated rings. The van der Waals surface area contributed by atoms with Gasteiger partial charge in [0.15, 0.2) is 11.6 Å². The van der Waals surface area contributed by atoms with Gasteiger partial charge in [-0.05, 0) is 19.9 Å². The van der Waals surface area contributed by atoms with Crippen LogP contribution in [-0.4, -0.2) is 23.5 Å². The minimum atomic E-state index is -0.607. The molecule has 0 unspecified atom stereocenters. The van der Waals surface area contributed by atoms with Crippen molar-refractivity contribution in [2.24, 2.45) is 0 Å². The summed E-state index contributed by atoms with van der Waals surface area (Å²) in [6.07, 6.45) is 2.36. The van der Waals surface area contributed by atoms with Gasteiger partial charge in [-0.25, -0.2) is 4.39 Å². The number of hydrogen-bond acceptors (Lipinski definition) is 3. The van der Waals surface area contributed by atoms with Crippen LogP contribution in [0.3, 0.4) is 0 Å². The summed E-state index contributed by atoms with van der Waals surface area (Å²) in [5.74, 6) is -0.969. The van der Waals surface area contributed by atoms with E-state index in [-0.39, 0.29) is 24.1 Å². The smallest absolute Gasteiger partial charge is 0.191 e. The Labute approximate surface area is 81.9 Å². The molecule has 1 aromatic heterocycles. The zero-order valence-electron chi connectivity index (χ0n) is 8.16. The molecule has 0 radical (unpaired) electrons. The van der Waals surface area contributed by atoms with E-state index in [1.165, 1.54) is 12.3 Å². The third-order valence-electron chi connectivity index (χ3n) is 1.62. The normalized spacial score (nSPS) is 10.6. The summed E-state index contributed by atoms with van der Waals surface area (Å²) in [6.45, 7) is 3.53. The van der Waals surface area contributed by atoms with Crippen LogP contribution in [-0.2, 0) is 4.74 Å². The van der Waals surface area contributed by atoms with Crippen LogP contribution < -0.4 is 0 Å². The minimum Gasteiger partial charge on any atom is -0.371 e. The van der Waals surface area contributed by atoms with Crippen molar-refractivity contribution in [3.8, 4) is 0 Å². The summed E-state index contributed by atoms with van der Waals surface area (Å²) < 4.78 is 18.1. The van der Waals surface area contributed by atoms with E-state index in [9.17, 15) is 9.18 Å². The maximum Gasteiger partial charge on any atom is 0.191 e. The van der Waals surface area contributed by atoms with E-state index in [0.29, 0.717) is 0 Å². The summed E-state index contributed by atoms with van der Waals surface area (Å²) in [6, 6.07) is 1.35. The lowest BCUT2D eigenvalue weighted by Crippen LogP contribution is -2.14. The van der Waals surface area contributed by atoms with Gasteiger partial charge in [0.2, 0.25) is 0 Å². The van der Waals surface area contributed by atoms with Crippen molar-refractivity contribution < 1.29 is 13.9 Å². The number of pyridine rings is 1. The van der Waals surface area contributed by atoms with Crippen LogP contribution in [0.1, 0.15) is 24.2 Å². The fourth-order valence-corrected chi connectivity index (χ4v) is 0.921. The third-order valence-corrected chi connectivity index (χ3v) is 1.62. The fraction of sp³-hybridized carbons (Fsp3) is 0.400. The van der Waals surface area contributed by atoms with Crippen LogP contribution in [0.15, 0.2) is 18.5 Å². The van der Waals surface area contributed by atoms with E-state index in [1.54, 1.807) is 0 Å². The molecule has 3 nitrogen and oxygen atoms in total. The average molecular weight is 197 g/mol. The molecule has 0 aliphatic carbocycles. The minimum absolute atomic E-state index is 0.0284. The van der Waals surface area contributed by atoms with Crippen LogP contribution in [0.2, 0.25) is 0 Å². The molecule has 0 aliphatic rings. The van der Waals surface area contributed by atoms with Crippen molar-refractivity contribution >= 4 is 5.78 Å². The van der Waals surface area contributed by atoms with Crippen molar-refractivity contribution in [1.29, 1.82) is 0 Å². The van der Waals surface area contributed by atoms with E-state index in [4.69, 9.17) is 4.74 Å². The molecule has 1 aromatic rings. The highest BCUT2D eigenvalue weighted by atomic mass is 19.1. The molecule has 1 heterocycles. The molecular weight excluding hydrogens is 185 g/mol. The Balaban J connectivity index is 2.65. The second-order valence-corrected chi connectivity index (χ2v) is 3.14. The zero-order chi connectivity index (χ0) is 10.6. The maximum atomic E-state index is 13.0. The number of ketones is 1. The first kappa shape index (κ1) is 10.8. The highest BCUT2D eigenvalue weighted by molar-refractivity contribution is 5.97. The van der Waals surface area contributed by atoms with E-state index >= 15 is 0 Å². The van der Waals surface area contributed by atoms with E-state index < -0.39 is 5.82 Å². The van der Waals surface area contributed by atoms with Gasteiger partial charge in [0.05, 0.1) is 17.9 Å². The Morgan fingerprint density at radius 2 is 2.36 bits per heavy atom. The molecule has 0 spiro atoms. The maximum absolute atomic E-state index is 13.0. The molecule has 0 aromatic carbocycles. The quantitative estimate of drug-likeness (QED) is 0.691. The number of halogens is 1. The average Bonchev–Trinajstić information content (AvgIpc) is 2.15. The number of rotatable bonds is 4. The van der Waals surface area contributed by atoms with Crippen LogP contribution in [0.25, 0.3) is 0 Å². The zero-order valence-corrected chi connectivity index (χ0v) is 8.16. The van der Waals surface area contributed by atoms with Crippen molar-refractivity contribution in [2.75, 3.05) is 6.61 Å². The third kappa shape index (κ3) is 2.88. The Morgan fingerprint density at radius 3 is 2.93 bits per heavy atom. The molecule has 76 valence electrons. The number of carbonyl (C=O) groups is 1. The van der Waals surface area contributed by atoms with Crippen LogP contribution in [0, 0.1) is 5.82 Å². The van der Waals surface area contributed by atoms with Gasteiger partial charge in [-0.15, -0.1) is 0 Å². The molecule has 0 saturated heterocycles. The second kappa shape index (κ2) is 4.81. The monoisotopic (exact) mass is 197 g/mol. The molecule has 0 atom stereocenters. The van der Waals surface area contributed by atoms with Crippen LogP contribution >= 0.6 is 0 Å². The number of hydrogen-bond donors (Lipinski definition) is 0. The highest BCUT2D eigenvalue weighted by Crippen LogP contribution is 2.06. The van der Waals surface area contributed by atoms with Gasteiger partial charge in [0.25, 0.3) is 0 Å². The number of ether oxygens (including phenoxy) is 1. The lowest BCUT2D eigenvalue weighted by atomic mass is 10.2. The van der Waals surface area contributed by atoms with E-state index in [2.05, 4.69) is 4.98 Å². The molecule has 0 saturated carbocycles. The van der Waals surface area contributed by atoms with E-state index in [0.717, 1.165) is 6.20 Å². The molecular formula is C10H12FNO2. The Morgan fingerprint density at radius 1 is 1.64 bits per heavy atom. The van der Waals surface area contributed by atoms with Crippen LogP contribution in [0.4, 0.5) is 4.39 Å². The Hall–Kier alpha value is -1.29. The predicted octanol–water partition coefficient (Wildman–Crippen LogP) is 1.83. The number of Topliss-reactive ketones (excluding diaryl/α,β-unsaturated/α-hetero) is 1. The summed E-state index contributed by atoms with van der Waals surface area (Å²) in [7, 11) is 0. The van der Waals surface area contributed by atoms with Crippen LogP contribution in [0.5, 0.6) is 0 Å². The molecule has 0 bridgehead atoms. The summed E-state index contributed by atoms with van der Waals surface area (Å²) in [4.78, 5) is 14.9. The molecule has 0 amide bonds. The summed E-state index contributed by atoms with van der Waals surface area (Å²) in [5, 5.41) is 0. The number of carbonyl (C=O) groups excluding carboxylic acids is 1. The van der Waals surface area contributed by atoms with E-state index in [1.807, 2.05) is 13.8 Å². The van der Waals surface area contributed by atoms with Crippen molar-refractivity contribution in [3.63, 3.8) is 0 Å². The van der Waals surface area contributed by atoms with Gasteiger partial charge in [-0.2, -0.15) is 0 Å². The molecule has 1 rings (SSSR count). The van der Waals surface area contributed by atoms with Gasteiger partial charge in [-0.1, -0.05) is 0 Å². The van der Waals surface area contributed by atoms with Gasteiger partial charge < -0.3 is 4.74 Å². The largest absolute Gasteiger partial charge is 0.371 e. The second-order valence-electron chi connectivity index (χ2n) is 3.14. The number of nitrogens with zero attached hydrogens (tertiary/aromatic N) is 1. The fourth-order valence-electron chi connectivity index (χ4n) is 0.921. The first-order valence-electron chi connectivity index (χ1n) is 4.35. The van der Waals surface area contributed by atoms with Crippen molar-refractivity contribution in [2.45, 2.75) is 20.0 Å². The topological polar surface area (TPSA) is 39.2 Å². The lowest BCUT2D eigenvalue weighted by molar-refractivity contribution is 0.0581. The first-order valence-corrected chi connectivity index (χ1v) is 4.35.